The van der Waals surface area contributed by atoms with Gasteiger partial charge in [-0.2, -0.15) is 0 Å². The Balaban J connectivity index is 2.18. The number of hydrogen-bond donors (Lipinski definition) is 1. The van der Waals surface area contributed by atoms with Crippen molar-refractivity contribution in [3.63, 3.8) is 0 Å². The lowest BCUT2D eigenvalue weighted by molar-refractivity contribution is -0.148. The molecule has 1 saturated heterocycles. The minimum Gasteiger partial charge on any atom is -0.497 e. The highest BCUT2D eigenvalue weighted by atomic mass is 16.5. The molecule has 2 amide bonds. The van der Waals surface area contributed by atoms with Gasteiger partial charge in [0.2, 0.25) is 11.8 Å². The number of methoxy groups -OCH3 is 1. The lowest BCUT2D eigenvalue weighted by Crippen LogP contribution is -2.59. The fourth-order valence-electron chi connectivity index (χ4n) is 2.44. The molecule has 0 saturated carbocycles. The number of benzene rings is 1. The van der Waals surface area contributed by atoms with E-state index in [2.05, 4.69) is 5.32 Å². The van der Waals surface area contributed by atoms with Gasteiger partial charge in [-0.15, -0.1) is 0 Å². The molecule has 20 heavy (non-hydrogen) atoms. The Hall–Kier alpha value is -2.04. The van der Waals surface area contributed by atoms with Crippen molar-refractivity contribution in [2.45, 2.75) is 26.4 Å². The van der Waals surface area contributed by atoms with E-state index in [0.717, 1.165) is 11.3 Å². The number of piperazine rings is 1. The number of amides is 2. The smallest absolute Gasteiger partial charge is 0.243 e. The fourth-order valence-corrected chi connectivity index (χ4v) is 2.44. The number of hydrogen-bond acceptors (Lipinski definition) is 3. The lowest BCUT2D eigenvalue weighted by Gasteiger charge is -2.37. The molecule has 1 aromatic rings. The first kappa shape index (κ1) is 14.4. The van der Waals surface area contributed by atoms with Crippen molar-refractivity contribution in [1.82, 2.24) is 10.2 Å². The van der Waals surface area contributed by atoms with Crippen LogP contribution >= 0.6 is 0 Å². The molecule has 1 N–H and O–H groups in total. The summed E-state index contributed by atoms with van der Waals surface area (Å²) >= 11 is 0. The number of ether oxygens (including phenoxy) is 1. The highest BCUT2D eigenvalue weighted by Gasteiger charge is 2.36. The van der Waals surface area contributed by atoms with E-state index in [1.807, 2.05) is 38.1 Å². The quantitative estimate of drug-likeness (QED) is 0.898. The molecule has 2 rings (SSSR count). The summed E-state index contributed by atoms with van der Waals surface area (Å²) in [5, 5.41) is 2.65. The molecule has 1 aromatic carbocycles. The summed E-state index contributed by atoms with van der Waals surface area (Å²) in [6, 6.07) is 7.13. The maximum absolute atomic E-state index is 12.1. The standard InChI is InChI=1S/C15H20N2O3/c1-10(2)14-15(19)16-8-13(18)17(14)9-11-4-6-12(20-3)7-5-11/h4-7,10,14H,8-9H2,1-3H3,(H,16,19)/t14-/m1/s1. The number of nitrogens with zero attached hydrogens (tertiary/aromatic N) is 1. The van der Waals surface area contributed by atoms with Crippen molar-refractivity contribution in [3.8, 4) is 5.75 Å². The van der Waals surface area contributed by atoms with E-state index in [1.54, 1.807) is 12.0 Å². The van der Waals surface area contributed by atoms with Gasteiger partial charge in [-0.05, 0) is 23.6 Å². The van der Waals surface area contributed by atoms with Crippen molar-refractivity contribution in [2.24, 2.45) is 5.92 Å². The van der Waals surface area contributed by atoms with Gasteiger partial charge in [0.25, 0.3) is 0 Å². The second-order valence-corrected chi connectivity index (χ2v) is 5.28. The molecule has 0 aromatic heterocycles. The van der Waals surface area contributed by atoms with E-state index in [0.29, 0.717) is 6.54 Å². The summed E-state index contributed by atoms with van der Waals surface area (Å²) < 4.78 is 5.11. The predicted octanol–water partition coefficient (Wildman–Crippen LogP) is 1.18. The van der Waals surface area contributed by atoms with E-state index < -0.39 is 6.04 Å². The molecule has 5 heteroatoms. The number of rotatable bonds is 4. The normalized spacial score (nSPS) is 19.2. The van der Waals surface area contributed by atoms with Crippen molar-refractivity contribution in [3.05, 3.63) is 29.8 Å². The molecule has 1 fully saturated rings. The first-order valence-corrected chi connectivity index (χ1v) is 6.73. The van der Waals surface area contributed by atoms with Gasteiger partial charge >= 0.3 is 0 Å². The Morgan fingerprint density at radius 1 is 1.30 bits per heavy atom. The maximum atomic E-state index is 12.1. The molecule has 5 nitrogen and oxygen atoms in total. The van der Waals surface area contributed by atoms with E-state index in [1.165, 1.54) is 0 Å². The summed E-state index contributed by atoms with van der Waals surface area (Å²) in [7, 11) is 1.61. The Bertz CT molecular complexity index is 496. The zero-order valence-electron chi connectivity index (χ0n) is 12.1. The van der Waals surface area contributed by atoms with Gasteiger partial charge in [-0.25, -0.2) is 0 Å². The van der Waals surface area contributed by atoms with Gasteiger partial charge in [0.15, 0.2) is 0 Å². The fraction of sp³-hybridized carbons (Fsp3) is 0.467. The van der Waals surface area contributed by atoms with Crippen LogP contribution in [0.4, 0.5) is 0 Å². The molecule has 1 heterocycles. The second kappa shape index (κ2) is 5.94. The van der Waals surface area contributed by atoms with Crippen LogP contribution in [0.3, 0.4) is 0 Å². The molecule has 1 aliphatic rings. The molecule has 0 radical (unpaired) electrons. The van der Waals surface area contributed by atoms with Crippen LogP contribution in [-0.2, 0) is 16.1 Å². The number of carbonyl (C=O) groups is 2. The molecule has 0 unspecified atom stereocenters. The summed E-state index contributed by atoms with van der Waals surface area (Å²) in [6.45, 7) is 4.42. The van der Waals surface area contributed by atoms with Gasteiger partial charge in [-0.1, -0.05) is 26.0 Å². The van der Waals surface area contributed by atoms with Crippen LogP contribution in [0.5, 0.6) is 5.75 Å². The lowest BCUT2D eigenvalue weighted by atomic mass is 9.98. The van der Waals surface area contributed by atoms with Crippen LogP contribution in [0, 0.1) is 5.92 Å². The molecule has 0 spiro atoms. The minimum absolute atomic E-state index is 0.0425. The van der Waals surface area contributed by atoms with Gasteiger partial charge in [0.1, 0.15) is 11.8 Å². The summed E-state index contributed by atoms with van der Waals surface area (Å²) in [5.74, 6) is 0.738. The molecule has 1 atom stereocenters. The Kier molecular flexibility index (Phi) is 4.27. The topological polar surface area (TPSA) is 58.6 Å². The third-order valence-corrected chi connectivity index (χ3v) is 3.48. The Morgan fingerprint density at radius 3 is 2.50 bits per heavy atom. The minimum atomic E-state index is -0.404. The van der Waals surface area contributed by atoms with E-state index >= 15 is 0 Å². The zero-order valence-corrected chi connectivity index (χ0v) is 12.1. The zero-order chi connectivity index (χ0) is 14.7. The summed E-state index contributed by atoms with van der Waals surface area (Å²) in [5.41, 5.74) is 0.986. The molecule has 0 bridgehead atoms. The van der Waals surface area contributed by atoms with Gasteiger partial charge < -0.3 is 15.0 Å². The van der Waals surface area contributed by atoms with Crippen LogP contribution in [0.2, 0.25) is 0 Å². The predicted molar refractivity (Wildman–Crippen MR) is 75.2 cm³/mol. The third kappa shape index (κ3) is 2.92. The SMILES string of the molecule is COc1ccc(CN2C(=O)CNC(=O)[C@H]2C(C)C)cc1. The van der Waals surface area contributed by atoms with Crippen molar-refractivity contribution >= 4 is 11.8 Å². The molecular weight excluding hydrogens is 256 g/mol. The third-order valence-electron chi connectivity index (χ3n) is 3.48. The Labute approximate surface area is 118 Å². The van der Waals surface area contributed by atoms with E-state index in [9.17, 15) is 9.59 Å². The first-order chi connectivity index (χ1) is 9.52. The van der Waals surface area contributed by atoms with Gasteiger partial charge in [-0.3, -0.25) is 9.59 Å². The molecule has 108 valence electrons. The Morgan fingerprint density at radius 2 is 1.95 bits per heavy atom. The number of nitrogens with one attached hydrogen (secondary N) is 1. The largest absolute Gasteiger partial charge is 0.497 e. The van der Waals surface area contributed by atoms with Crippen LogP contribution < -0.4 is 10.1 Å². The van der Waals surface area contributed by atoms with Gasteiger partial charge in [0.05, 0.1) is 13.7 Å². The van der Waals surface area contributed by atoms with Crippen LogP contribution in [0.1, 0.15) is 19.4 Å². The van der Waals surface area contributed by atoms with Crippen LogP contribution in [-0.4, -0.2) is 36.4 Å². The second-order valence-electron chi connectivity index (χ2n) is 5.28. The monoisotopic (exact) mass is 276 g/mol. The highest BCUT2D eigenvalue weighted by Crippen LogP contribution is 2.19. The summed E-state index contributed by atoms with van der Waals surface area (Å²) in [4.78, 5) is 25.7. The van der Waals surface area contributed by atoms with Crippen LogP contribution in [0.25, 0.3) is 0 Å². The highest BCUT2D eigenvalue weighted by molar-refractivity contribution is 5.94. The van der Waals surface area contributed by atoms with E-state index in [-0.39, 0.29) is 24.3 Å². The van der Waals surface area contributed by atoms with E-state index in [4.69, 9.17) is 4.74 Å². The van der Waals surface area contributed by atoms with Crippen molar-refractivity contribution in [2.75, 3.05) is 13.7 Å². The molecule has 0 aliphatic carbocycles. The van der Waals surface area contributed by atoms with Crippen molar-refractivity contribution < 1.29 is 14.3 Å². The maximum Gasteiger partial charge on any atom is 0.243 e. The van der Waals surface area contributed by atoms with Crippen molar-refractivity contribution in [1.29, 1.82) is 0 Å². The molecular formula is C15H20N2O3. The van der Waals surface area contributed by atoms with Gasteiger partial charge in [0, 0.05) is 6.54 Å². The first-order valence-electron chi connectivity index (χ1n) is 6.73. The summed E-state index contributed by atoms with van der Waals surface area (Å²) in [6.07, 6.45) is 0. The molecule has 1 aliphatic heterocycles. The average molecular weight is 276 g/mol. The average Bonchev–Trinajstić information content (AvgIpc) is 2.43. The van der Waals surface area contributed by atoms with Crippen LogP contribution in [0.15, 0.2) is 24.3 Å². The number of carbonyl (C=O) groups excluding carboxylic acids is 2.